The van der Waals surface area contributed by atoms with Gasteiger partial charge in [0.25, 0.3) is 0 Å². The van der Waals surface area contributed by atoms with Crippen LogP contribution < -0.4 is 10.6 Å². The number of nitrogens with one attached hydrogen (secondary N) is 1. The average Bonchev–Trinajstić information content (AvgIpc) is 2.63. The van der Waals surface area contributed by atoms with Gasteiger partial charge in [-0.3, -0.25) is 5.41 Å². The van der Waals surface area contributed by atoms with Crippen LogP contribution in [0.25, 0.3) is 0 Å². The second-order valence-corrected chi connectivity index (χ2v) is 4.67. The molecule has 0 radical (unpaired) electrons. The number of nitrogens with two attached hydrogens (primary N) is 1. The number of nitrogen functional groups attached to an aromatic ring is 1. The van der Waals surface area contributed by atoms with Gasteiger partial charge in [0.2, 0.25) is 0 Å². The zero-order valence-electron chi connectivity index (χ0n) is 9.33. The largest absolute Gasteiger partial charge is 0.384 e. The first kappa shape index (κ1) is 11.3. The highest BCUT2D eigenvalue weighted by molar-refractivity contribution is 6.34. The van der Waals surface area contributed by atoms with Crippen molar-refractivity contribution in [1.29, 1.82) is 5.41 Å². The van der Waals surface area contributed by atoms with Gasteiger partial charge in [-0.2, -0.15) is 0 Å². The highest BCUT2D eigenvalue weighted by Crippen LogP contribution is 2.29. The Morgan fingerprint density at radius 1 is 1.56 bits per heavy atom. The summed E-state index contributed by atoms with van der Waals surface area (Å²) in [6, 6.07) is 6.29. The number of halogens is 1. The molecule has 1 aliphatic rings. The van der Waals surface area contributed by atoms with Gasteiger partial charge in [0.15, 0.2) is 0 Å². The molecule has 0 saturated carbocycles. The fourth-order valence-electron chi connectivity index (χ4n) is 2.22. The summed E-state index contributed by atoms with van der Waals surface area (Å²) in [5.41, 5.74) is 7.16. The number of nitrogens with zero attached hydrogens (tertiary/aromatic N) is 1. The molecular weight excluding hydrogens is 222 g/mol. The maximum Gasteiger partial charge on any atom is 0.124 e. The van der Waals surface area contributed by atoms with Crippen molar-refractivity contribution in [2.45, 2.75) is 25.8 Å². The first-order valence-electron chi connectivity index (χ1n) is 5.50. The Bertz CT molecular complexity index is 417. The van der Waals surface area contributed by atoms with Gasteiger partial charge < -0.3 is 10.6 Å². The standard InChI is InChI=1S/C12H16ClN3/c1-8-3-2-6-16(8)9-4-5-10(12(14)15)11(13)7-9/h4-5,7-8H,2-3,6H2,1H3,(H3,14,15). The first-order valence-corrected chi connectivity index (χ1v) is 5.88. The monoisotopic (exact) mass is 237 g/mol. The van der Waals surface area contributed by atoms with Crippen LogP contribution in [0.3, 0.4) is 0 Å². The summed E-state index contributed by atoms with van der Waals surface area (Å²) < 4.78 is 0. The number of hydrogen-bond donors (Lipinski definition) is 2. The molecule has 1 fully saturated rings. The molecule has 0 aliphatic carbocycles. The smallest absolute Gasteiger partial charge is 0.124 e. The van der Waals surface area contributed by atoms with Crippen molar-refractivity contribution in [2.75, 3.05) is 11.4 Å². The number of anilines is 1. The van der Waals surface area contributed by atoms with Gasteiger partial charge in [0, 0.05) is 23.8 Å². The molecule has 86 valence electrons. The Labute approximate surface area is 101 Å². The van der Waals surface area contributed by atoms with Gasteiger partial charge in [0.1, 0.15) is 5.84 Å². The predicted octanol–water partition coefficient (Wildman–Crippen LogP) is 2.61. The van der Waals surface area contributed by atoms with Crippen LogP contribution in [0.4, 0.5) is 5.69 Å². The van der Waals surface area contributed by atoms with Crippen LogP contribution in [0.15, 0.2) is 18.2 Å². The van der Waals surface area contributed by atoms with E-state index in [0.29, 0.717) is 16.6 Å². The SMILES string of the molecule is CC1CCCN1c1ccc(C(=N)N)c(Cl)c1. The van der Waals surface area contributed by atoms with Crippen LogP contribution in [-0.2, 0) is 0 Å². The molecule has 4 heteroatoms. The Hall–Kier alpha value is -1.22. The van der Waals surface area contributed by atoms with E-state index in [0.717, 1.165) is 12.2 Å². The van der Waals surface area contributed by atoms with Crippen molar-refractivity contribution in [3.05, 3.63) is 28.8 Å². The van der Waals surface area contributed by atoms with E-state index >= 15 is 0 Å². The summed E-state index contributed by atoms with van der Waals surface area (Å²) >= 11 is 6.10. The van der Waals surface area contributed by atoms with Crippen molar-refractivity contribution in [2.24, 2.45) is 5.73 Å². The number of amidine groups is 1. The molecule has 1 aliphatic heterocycles. The molecule has 1 saturated heterocycles. The minimum absolute atomic E-state index is 0.0195. The summed E-state index contributed by atoms with van der Waals surface area (Å²) in [6.45, 7) is 3.30. The van der Waals surface area contributed by atoms with Gasteiger partial charge in [-0.1, -0.05) is 11.6 Å². The molecule has 1 unspecified atom stereocenters. The van der Waals surface area contributed by atoms with Gasteiger partial charge in [-0.05, 0) is 38.0 Å². The summed E-state index contributed by atoms with van der Waals surface area (Å²) in [6.07, 6.45) is 2.46. The van der Waals surface area contributed by atoms with Crippen molar-refractivity contribution < 1.29 is 0 Å². The molecule has 0 spiro atoms. The van der Waals surface area contributed by atoms with Crippen LogP contribution in [0.2, 0.25) is 5.02 Å². The van der Waals surface area contributed by atoms with Crippen LogP contribution in [0, 0.1) is 5.41 Å². The lowest BCUT2D eigenvalue weighted by Crippen LogP contribution is -2.26. The third-order valence-electron chi connectivity index (χ3n) is 3.13. The van der Waals surface area contributed by atoms with Gasteiger partial charge >= 0.3 is 0 Å². The Morgan fingerprint density at radius 2 is 2.31 bits per heavy atom. The van der Waals surface area contributed by atoms with E-state index in [1.807, 2.05) is 18.2 Å². The van der Waals surface area contributed by atoms with E-state index in [1.54, 1.807) is 0 Å². The van der Waals surface area contributed by atoms with Crippen LogP contribution >= 0.6 is 11.6 Å². The normalized spacial score (nSPS) is 20.1. The van der Waals surface area contributed by atoms with E-state index in [4.69, 9.17) is 22.7 Å². The third-order valence-corrected chi connectivity index (χ3v) is 3.44. The lowest BCUT2D eigenvalue weighted by molar-refractivity contribution is 0.735. The summed E-state index contributed by atoms with van der Waals surface area (Å²) in [5.74, 6) is 0.0195. The number of hydrogen-bond acceptors (Lipinski definition) is 2. The summed E-state index contributed by atoms with van der Waals surface area (Å²) in [5, 5.41) is 7.93. The van der Waals surface area contributed by atoms with E-state index in [2.05, 4.69) is 11.8 Å². The van der Waals surface area contributed by atoms with E-state index in [9.17, 15) is 0 Å². The highest BCUT2D eigenvalue weighted by Gasteiger charge is 2.21. The first-order chi connectivity index (χ1) is 7.59. The molecule has 1 aromatic rings. The van der Waals surface area contributed by atoms with Crippen molar-refractivity contribution in [1.82, 2.24) is 0 Å². The molecule has 1 aromatic carbocycles. The topological polar surface area (TPSA) is 53.1 Å². The second-order valence-electron chi connectivity index (χ2n) is 4.26. The quantitative estimate of drug-likeness (QED) is 0.614. The molecule has 0 aromatic heterocycles. The molecule has 2 rings (SSSR count). The number of rotatable bonds is 2. The fraction of sp³-hybridized carbons (Fsp3) is 0.417. The maximum atomic E-state index is 7.38. The van der Waals surface area contributed by atoms with Gasteiger partial charge in [-0.15, -0.1) is 0 Å². The van der Waals surface area contributed by atoms with Crippen molar-refractivity contribution in [3.8, 4) is 0 Å². The molecule has 1 atom stereocenters. The molecule has 3 N–H and O–H groups in total. The minimum Gasteiger partial charge on any atom is -0.384 e. The van der Waals surface area contributed by atoms with Crippen LogP contribution in [0.1, 0.15) is 25.3 Å². The molecular formula is C12H16ClN3. The third kappa shape index (κ3) is 2.00. The van der Waals surface area contributed by atoms with Crippen LogP contribution in [-0.4, -0.2) is 18.4 Å². The molecule has 0 bridgehead atoms. The predicted molar refractivity (Wildman–Crippen MR) is 68.5 cm³/mol. The Morgan fingerprint density at radius 3 is 2.81 bits per heavy atom. The summed E-state index contributed by atoms with van der Waals surface area (Å²) in [7, 11) is 0. The van der Waals surface area contributed by atoms with Gasteiger partial charge in [-0.25, -0.2) is 0 Å². The van der Waals surface area contributed by atoms with E-state index in [-0.39, 0.29) is 5.84 Å². The zero-order chi connectivity index (χ0) is 11.7. The molecule has 16 heavy (non-hydrogen) atoms. The average molecular weight is 238 g/mol. The lowest BCUT2D eigenvalue weighted by atomic mass is 10.1. The molecule has 1 heterocycles. The Balaban J connectivity index is 2.30. The van der Waals surface area contributed by atoms with Crippen LogP contribution in [0.5, 0.6) is 0 Å². The molecule has 0 amide bonds. The van der Waals surface area contributed by atoms with Crippen molar-refractivity contribution >= 4 is 23.1 Å². The highest BCUT2D eigenvalue weighted by atomic mass is 35.5. The maximum absolute atomic E-state index is 7.38. The summed E-state index contributed by atoms with van der Waals surface area (Å²) in [4.78, 5) is 2.34. The van der Waals surface area contributed by atoms with E-state index < -0.39 is 0 Å². The Kier molecular flexibility index (Phi) is 3.06. The zero-order valence-corrected chi connectivity index (χ0v) is 10.1. The second kappa shape index (κ2) is 4.34. The lowest BCUT2D eigenvalue weighted by Gasteiger charge is -2.24. The molecule has 3 nitrogen and oxygen atoms in total. The fourth-order valence-corrected chi connectivity index (χ4v) is 2.49. The van der Waals surface area contributed by atoms with Crippen molar-refractivity contribution in [3.63, 3.8) is 0 Å². The van der Waals surface area contributed by atoms with Gasteiger partial charge in [0.05, 0.1) is 5.02 Å². The van der Waals surface area contributed by atoms with E-state index in [1.165, 1.54) is 12.8 Å². The minimum atomic E-state index is 0.0195. The number of benzene rings is 1.